The van der Waals surface area contributed by atoms with Crippen molar-refractivity contribution in [2.75, 3.05) is 6.26 Å². The van der Waals surface area contributed by atoms with Crippen LogP contribution in [0.25, 0.3) is 4.98 Å². The fraction of sp³-hybridized carbons (Fsp3) is 0.143. The van der Waals surface area contributed by atoms with Crippen LogP contribution < -0.4 is 0 Å². The van der Waals surface area contributed by atoms with E-state index in [1.165, 1.54) is 0 Å². The lowest BCUT2D eigenvalue weighted by molar-refractivity contribution is 0.470. The summed E-state index contributed by atoms with van der Waals surface area (Å²) in [5.74, 6) is 0. The molecule has 5 nitrogen and oxygen atoms in total. The maximum atomic E-state index is 9.08. The Morgan fingerprint density at radius 3 is 1.92 bits per heavy atom. The first-order chi connectivity index (χ1) is 5.93. The highest BCUT2D eigenvalue weighted by atomic mass is 32.2. The molecule has 0 saturated carbocycles. The number of hydrogen-bond acceptors (Lipinski definition) is 4. The normalized spacial score (nSPS) is 9.31. The molecule has 0 spiro atoms. The van der Waals surface area contributed by atoms with Crippen LogP contribution in [0, 0.1) is 5.39 Å². The van der Waals surface area contributed by atoms with Gasteiger partial charge in [0.2, 0.25) is 5.39 Å². The highest BCUT2D eigenvalue weighted by Crippen LogP contribution is 2.07. The molecule has 0 radical (unpaired) electrons. The standard InChI is InChI=1S/C6H5N2.CH4O3S/c7-8-6-4-2-1-3-5-6;1-5(2,3)4/h1-5H;1H3,(H,2,3,4)/q+1;/p-1. The maximum Gasteiger partial charge on any atom is 0.385 e. The van der Waals surface area contributed by atoms with Crippen LogP contribution in [0.2, 0.25) is 0 Å². The van der Waals surface area contributed by atoms with Gasteiger partial charge in [0, 0.05) is 18.4 Å². The van der Waals surface area contributed by atoms with Gasteiger partial charge in [-0.05, 0) is 0 Å². The Bertz CT molecular complexity index is 372. The molecule has 13 heavy (non-hydrogen) atoms. The van der Waals surface area contributed by atoms with Crippen LogP contribution in [0.5, 0.6) is 0 Å². The summed E-state index contributed by atoms with van der Waals surface area (Å²) in [6, 6.07) is 8.94. The van der Waals surface area contributed by atoms with E-state index >= 15 is 0 Å². The van der Waals surface area contributed by atoms with E-state index in [0.29, 0.717) is 11.9 Å². The summed E-state index contributed by atoms with van der Waals surface area (Å²) >= 11 is 0. The van der Waals surface area contributed by atoms with Crippen molar-refractivity contribution in [3.63, 3.8) is 0 Å². The van der Waals surface area contributed by atoms with Crippen LogP contribution in [0.4, 0.5) is 5.69 Å². The van der Waals surface area contributed by atoms with Crippen molar-refractivity contribution in [3.05, 3.63) is 35.3 Å². The monoisotopic (exact) mass is 200 g/mol. The van der Waals surface area contributed by atoms with Crippen LogP contribution in [-0.2, 0) is 10.1 Å². The molecule has 0 N–H and O–H groups in total. The van der Waals surface area contributed by atoms with Crippen molar-refractivity contribution in [2.24, 2.45) is 0 Å². The molecule has 0 bridgehead atoms. The molecule has 0 fully saturated rings. The minimum atomic E-state index is -3.92. The molecular weight excluding hydrogens is 192 g/mol. The topological polar surface area (TPSA) is 85.4 Å². The van der Waals surface area contributed by atoms with Gasteiger partial charge in [0.1, 0.15) is 0 Å². The molecule has 6 heteroatoms. The van der Waals surface area contributed by atoms with Gasteiger partial charge < -0.3 is 4.55 Å². The van der Waals surface area contributed by atoms with E-state index in [9.17, 15) is 0 Å². The van der Waals surface area contributed by atoms with E-state index in [-0.39, 0.29) is 0 Å². The highest BCUT2D eigenvalue weighted by molar-refractivity contribution is 7.84. The van der Waals surface area contributed by atoms with Crippen molar-refractivity contribution >= 4 is 15.8 Å². The van der Waals surface area contributed by atoms with Crippen molar-refractivity contribution in [1.29, 1.82) is 5.39 Å². The van der Waals surface area contributed by atoms with Gasteiger partial charge in [-0.15, -0.1) is 0 Å². The van der Waals surface area contributed by atoms with Gasteiger partial charge in [-0.3, -0.25) is 0 Å². The summed E-state index contributed by atoms with van der Waals surface area (Å²) in [6.45, 7) is 0. The minimum Gasteiger partial charge on any atom is -0.748 e. The fourth-order valence-electron chi connectivity index (χ4n) is 0.495. The van der Waals surface area contributed by atoms with Crippen LogP contribution in [0.1, 0.15) is 0 Å². The van der Waals surface area contributed by atoms with Crippen molar-refractivity contribution in [1.82, 2.24) is 0 Å². The van der Waals surface area contributed by atoms with Crippen molar-refractivity contribution in [2.45, 2.75) is 0 Å². The average Bonchev–Trinajstić information content (AvgIpc) is 2.03. The molecule has 0 saturated heterocycles. The van der Waals surface area contributed by atoms with Crippen LogP contribution >= 0.6 is 0 Å². The predicted octanol–water partition coefficient (Wildman–Crippen LogP) is 1.33. The van der Waals surface area contributed by atoms with Crippen molar-refractivity contribution in [3.8, 4) is 0 Å². The zero-order chi connectivity index (χ0) is 10.3. The van der Waals surface area contributed by atoms with Gasteiger partial charge in [0.25, 0.3) is 0 Å². The smallest absolute Gasteiger partial charge is 0.385 e. The lowest BCUT2D eigenvalue weighted by atomic mass is 10.3. The Hall–Kier alpha value is -1.45. The Labute approximate surface area is 76.4 Å². The first-order valence-corrected chi connectivity index (χ1v) is 5.06. The molecule has 0 aromatic heterocycles. The van der Waals surface area contributed by atoms with Crippen LogP contribution in [0.3, 0.4) is 0 Å². The second-order valence-corrected chi connectivity index (χ2v) is 3.55. The largest absolute Gasteiger partial charge is 0.748 e. The quantitative estimate of drug-likeness (QED) is 0.467. The molecule has 1 rings (SSSR count). The Balaban J connectivity index is 0.000000252. The lowest BCUT2D eigenvalue weighted by Gasteiger charge is -1.90. The Kier molecular flexibility index (Phi) is 4.66. The summed E-state index contributed by atoms with van der Waals surface area (Å²) in [5.41, 5.74) is 0.590. The number of nitrogens with zero attached hydrogens (tertiary/aromatic N) is 2. The molecule has 0 aliphatic carbocycles. The third kappa shape index (κ3) is 10.6. The number of hydrogen-bond donors (Lipinski definition) is 0. The van der Waals surface area contributed by atoms with Crippen LogP contribution in [-0.4, -0.2) is 19.2 Å². The molecule has 0 amide bonds. The van der Waals surface area contributed by atoms with Gasteiger partial charge in [-0.1, -0.05) is 18.2 Å². The highest BCUT2D eigenvalue weighted by Gasteiger charge is 1.95. The third-order valence-electron chi connectivity index (χ3n) is 0.872. The molecule has 0 unspecified atom stereocenters. The second-order valence-electron chi connectivity index (χ2n) is 2.14. The van der Waals surface area contributed by atoms with E-state index < -0.39 is 10.1 Å². The molecule has 70 valence electrons. The summed E-state index contributed by atoms with van der Waals surface area (Å²) in [5, 5.41) is 8.16. The van der Waals surface area contributed by atoms with Gasteiger partial charge >= 0.3 is 5.69 Å². The summed E-state index contributed by atoms with van der Waals surface area (Å²) < 4.78 is 27.2. The maximum absolute atomic E-state index is 9.08. The molecule has 1 aromatic rings. The van der Waals surface area contributed by atoms with Gasteiger partial charge in [0.15, 0.2) is 4.98 Å². The van der Waals surface area contributed by atoms with Crippen LogP contribution in [0.15, 0.2) is 30.3 Å². The minimum absolute atomic E-state index is 0.590. The predicted molar refractivity (Wildman–Crippen MR) is 46.8 cm³/mol. The fourth-order valence-corrected chi connectivity index (χ4v) is 0.495. The van der Waals surface area contributed by atoms with Gasteiger partial charge in [0.05, 0.1) is 10.1 Å². The molecule has 0 aliphatic heterocycles. The van der Waals surface area contributed by atoms with E-state index in [1.54, 1.807) is 12.1 Å². The van der Waals surface area contributed by atoms with Gasteiger partial charge in [-0.25, -0.2) is 8.42 Å². The summed E-state index contributed by atoms with van der Waals surface area (Å²) in [6.07, 6.45) is 0.604. The van der Waals surface area contributed by atoms with Gasteiger partial charge in [-0.2, -0.15) is 0 Å². The first kappa shape index (κ1) is 11.6. The summed E-state index contributed by atoms with van der Waals surface area (Å²) in [4.78, 5) is 2.97. The number of rotatable bonds is 0. The number of diazo groups is 1. The zero-order valence-corrected chi connectivity index (χ0v) is 7.73. The second kappa shape index (κ2) is 5.24. The Morgan fingerprint density at radius 2 is 1.69 bits per heavy atom. The molecular formula is C7H8N2O3S. The average molecular weight is 200 g/mol. The number of benzene rings is 1. The molecule has 1 aromatic carbocycles. The summed E-state index contributed by atoms with van der Waals surface area (Å²) in [7, 11) is -3.92. The van der Waals surface area contributed by atoms with Crippen molar-refractivity contribution < 1.29 is 13.0 Å². The van der Waals surface area contributed by atoms with E-state index in [2.05, 4.69) is 4.98 Å². The Morgan fingerprint density at radius 1 is 1.31 bits per heavy atom. The molecule has 0 aliphatic rings. The van der Waals surface area contributed by atoms with E-state index in [1.807, 2.05) is 18.2 Å². The third-order valence-corrected chi connectivity index (χ3v) is 0.872. The van der Waals surface area contributed by atoms with E-state index in [0.717, 1.165) is 0 Å². The first-order valence-electron chi connectivity index (χ1n) is 3.24. The lowest BCUT2D eigenvalue weighted by Crippen LogP contribution is -1.88. The molecule has 0 heterocycles. The van der Waals surface area contributed by atoms with E-state index in [4.69, 9.17) is 18.4 Å². The molecule has 0 atom stereocenters. The SMILES string of the molecule is CS(=O)(=O)[O-].N#[N+]c1ccccc1. The zero-order valence-electron chi connectivity index (χ0n) is 6.91.